The van der Waals surface area contributed by atoms with Gasteiger partial charge in [0.2, 0.25) is 5.85 Å². The number of esters is 1. The van der Waals surface area contributed by atoms with Gasteiger partial charge in [-0.3, -0.25) is 0 Å². The van der Waals surface area contributed by atoms with Gasteiger partial charge in [-0.25, -0.2) is 14.2 Å². The summed E-state index contributed by atoms with van der Waals surface area (Å²) in [6.07, 6.45) is 1.33. The van der Waals surface area contributed by atoms with Crippen LogP contribution in [0, 0.1) is 5.82 Å². The molecule has 10 heteroatoms. The Hall–Kier alpha value is -3.30. The fraction of sp³-hybridized carbons (Fsp3) is 0.400. The highest BCUT2D eigenvalue weighted by atomic mass is 19.2. The molecule has 1 aromatic carbocycles. The number of halogens is 2. The highest BCUT2D eigenvalue weighted by molar-refractivity contribution is 5.81. The van der Waals surface area contributed by atoms with Crippen molar-refractivity contribution in [3.05, 3.63) is 47.7 Å². The van der Waals surface area contributed by atoms with Crippen LogP contribution in [0.3, 0.4) is 0 Å². The zero-order chi connectivity index (χ0) is 22.1. The Labute approximate surface area is 172 Å². The Bertz CT molecular complexity index is 1060. The highest BCUT2D eigenvalue weighted by Gasteiger charge is 2.27. The van der Waals surface area contributed by atoms with Crippen molar-refractivity contribution in [2.24, 2.45) is 0 Å². The van der Waals surface area contributed by atoms with Crippen LogP contribution in [0.1, 0.15) is 50.9 Å². The average molecular weight is 419 g/mol. The van der Waals surface area contributed by atoms with Crippen molar-refractivity contribution in [3.63, 3.8) is 0 Å². The average Bonchev–Trinajstić information content (AvgIpc) is 3.13. The van der Waals surface area contributed by atoms with Crippen LogP contribution in [0.2, 0.25) is 0 Å². The van der Waals surface area contributed by atoms with E-state index in [0.29, 0.717) is 11.6 Å². The summed E-state index contributed by atoms with van der Waals surface area (Å²) in [5, 5.41) is 7.07. The Balaban J connectivity index is 2.02. The lowest BCUT2D eigenvalue weighted by atomic mass is 10.1. The SMILES string of the molecule is COC(=O)C(Nc1cc(C(C)C)nc2ncnn12)c1ccc(OC(C)(C)F)cc1F. The number of anilines is 1. The number of benzene rings is 1. The minimum absolute atomic E-state index is 0.00189. The lowest BCUT2D eigenvalue weighted by Gasteiger charge is -2.21. The molecule has 1 unspecified atom stereocenters. The molecule has 0 aliphatic carbocycles. The van der Waals surface area contributed by atoms with Crippen molar-refractivity contribution in [1.82, 2.24) is 19.6 Å². The van der Waals surface area contributed by atoms with Gasteiger partial charge in [0.25, 0.3) is 5.78 Å². The molecule has 0 saturated heterocycles. The number of aromatic nitrogens is 4. The van der Waals surface area contributed by atoms with E-state index < -0.39 is 23.7 Å². The fourth-order valence-corrected chi connectivity index (χ4v) is 2.84. The summed E-state index contributed by atoms with van der Waals surface area (Å²) in [6.45, 7) is 6.33. The number of carbonyl (C=O) groups excluding carboxylic acids is 1. The summed E-state index contributed by atoms with van der Waals surface area (Å²) in [5.41, 5.74) is 0.720. The summed E-state index contributed by atoms with van der Waals surface area (Å²) in [4.78, 5) is 21.0. The first-order valence-electron chi connectivity index (χ1n) is 9.31. The molecule has 0 amide bonds. The Morgan fingerprint density at radius 1 is 1.27 bits per heavy atom. The first kappa shape index (κ1) is 21.4. The standard InChI is InChI=1S/C20H23F2N5O3/c1-11(2)15-9-16(27-19(25-15)23-10-24-27)26-17(18(28)29-5)13-7-6-12(8-14(13)21)30-20(3,4)22/h6-11,17,26H,1-5H3. The third-order valence-corrected chi connectivity index (χ3v) is 4.24. The van der Waals surface area contributed by atoms with Gasteiger partial charge in [-0.15, -0.1) is 0 Å². The van der Waals surface area contributed by atoms with E-state index in [1.54, 1.807) is 6.07 Å². The van der Waals surface area contributed by atoms with Gasteiger partial charge in [0.15, 0.2) is 6.04 Å². The predicted molar refractivity (Wildman–Crippen MR) is 105 cm³/mol. The molecule has 0 bridgehead atoms. The molecular formula is C20H23F2N5O3. The number of hydrogen-bond acceptors (Lipinski definition) is 7. The summed E-state index contributed by atoms with van der Waals surface area (Å²) in [7, 11) is 1.20. The highest BCUT2D eigenvalue weighted by Crippen LogP contribution is 2.29. The summed E-state index contributed by atoms with van der Waals surface area (Å²) >= 11 is 0. The molecule has 160 valence electrons. The number of alkyl halides is 1. The van der Waals surface area contributed by atoms with Crippen molar-refractivity contribution in [3.8, 4) is 5.75 Å². The normalized spacial score (nSPS) is 12.8. The molecule has 1 atom stereocenters. The second-order valence-electron chi connectivity index (χ2n) is 7.44. The van der Waals surface area contributed by atoms with Gasteiger partial charge in [0, 0.05) is 31.5 Å². The molecule has 0 saturated carbocycles. The third kappa shape index (κ3) is 4.64. The molecule has 8 nitrogen and oxygen atoms in total. The van der Waals surface area contributed by atoms with Crippen LogP contribution in [0.15, 0.2) is 30.6 Å². The molecule has 0 radical (unpaired) electrons. The molecule has 0 aliphatic heterocycles. The van der Waals surface area contributed by atoms with Gasteiger partial charge in [-0.1, -0.05) is 13.8 Å². The van der Waals surface area contributed by atoms with Crippen molar-refractivity contribution < 1.29 is 23.0 Å². The molecule has 3 rings (SSSR count). The monoisotopic (exact) mass is 419 g/mol. The molecule has 0 aliphatic rings. The van der Waals surface area contributed by atoms with Gasteiger partial charge >= 0.3 is 5.97 Å². The molecule has 1 N–H and O–H groups in total. The number of fused-ring (bicyclic) bond motifs is 1. The van der Waals surface area contributed by atoms with Gasteiger partial charge in [-0.05, 0) is 18.1 Å². The van der Waals surface area contributed by atoms with E-state index in [1.165, 1.54) is 43.9 Å². The largest absolute Gasteiger partial charge is 0.467 e. The van der Waals surface area contributed by atoms with Crippen LogP contribution in [0.4, 0.5) is 14.6 Å². The van der Waals surface area contributed by atoms with Crippen LogP contribution in [0.25, 0.3) is 5.78 Å². The lowest BCUT2D eigenvalue weighted by molar-refractivity contribution is -0.141. The number of nitrogens with one attached hydrogen (secondary N) is 1. The van der Waals surface area contributed by atoms with E-state index in [1.807, 2.05) is 13.8 Å². The molecule has 2 heterocycles. The first-order valence-corrected chi connectivity index (χ1v) is 9.31. The zero-order valence-corrected chi connectivity index (χ0v) is 17.3. The van der Waals surface area contributed by atoms with E-state index in [9.17, 15) is 13.6 Å². The zero-order valence-electron chi connectivity index (χ0n) is 17.3. The third-order valence-electron chi connectivity index (χ3n) is 4.24. The molecule has 30 heavy (non-hydrogen) atoms. The Kier molecular flexibility index (Phi) is 5.86. The van der Waals surface area contributed by atoms with E-state index in [4.69, 9.17) is 9.47 Å². The maximum Gasteiger partial charge on any atom is 0.333 e. The number of carbonyl (C=O) groups is 1. The Morgan fingerprint density at radius 2 is 2.00 bits per heavy atom. The molecule has 2 aromatic heterocycles. The second kappa shape index (κ2) is 8.21. The molecule has 0 fully saturated rings. The van der Waals surface area contributed by atoms with E-state index in [2.05, 4.69) is 20.4 Å². The maximum atomic E-state index is 14.8. The first-order chi connectivity index (χ1) is 14.1. The summed E-state index contributed by atoms with van der Waals surface area (Å²) in [5.74, 6) is -2.64. The van der Waals surface area contributed by atoms with Crippen LogP contribution in [0.5, 0.6) is 5.75 Å². The van der Waals surface area contributed by atoms with Gasteiger partial charge in [-0.2, -0.15) is 19.0 Å². The number of nitrogens with zero attached hydrogens (tertiary/aromatic N) is 4. The minimum Gasteiger partial charge on any atom is -0.467 e. The molecule has 0 spiro atoms. The van der Waals surface area contributed by atoms with E-state index >= 15 is 0 Å². The lowest BCUT2D eigenvalue weighted by Crippen LogP contribution is -2.25. The van der Waals surface area contributed by atoms with Gasteiger partial charge in [0.05, 0.1) is 12.8 Å². The quantitative estimate of drug-likeness (QED) is 0.583. The predicted octanol–water partition coefficient (Wildman–Crippen LogP) is 3.80. The fourth-order valence-electron chi connectivity index (χ4n) is 2.84. The number of rotatable bonds is 7. The van der Waals surface area contributed by atoms with E-state index in [0.717, 1.165) is 11.8 Å². The minimum atomic E-state index is -1.98. The van der Waals surface area contributed by atoms with Crippen LogP contribution >= 0.6 is 0 Å². The summed E-state index contributed by atoms with van der Waals surface area (Å²) in [6, 6.07) is 4.26. The van der Waals surface area contributed by atoms with Crippen molar-refractivity contribution >= 4 is 17.6 Å². The number of methoxy groups -OCH3 is 1. The smallest absolute Gasteiger partial charge is 0.333 e. The van der Waals surface area contributed by atoms with E-state index in [-0.39, 0.29) is 17.2 Å². The van der Waals surface area contributed by atoms with Gasteiger partial charge < -0.3 is 14.8 Å². The molecule has 3 aromatic rings. The maximum absolute atomic E-state index is 14.8. The van der Waals surface area contributed by atoms with Crippen molar-refractivity contribution in [2.45, 2.75) is 45.5 Å². The van der Waals surface area contributed by atoms with Crippen molar-refractivity contribution in [2.75, 3.05) is 12.4 Å². The van der Waals surface area contributed by atoms with Crippen LogP contribution in [-0.2, 0) is 9.53 Å². The molecular weight excluding hydrogens is 396 g/mol. The van der Waals surface area contributed by atoms with Crippen LogP contribution in [-0.4, -0.2) is 38.5 Å². The number of ether oxygens (including phenoxy) is 2. The second-order valence-corrected chi connectivity index (χ2v) is 7.44. The van der Waals surface area contributed by atoms with Crippen molar-refractivity contribution in [1.29, 1.82) is 0 Å². The van der Waals surface area contributed by atoms with Crippen LogP contribution < -0.4 is 10.1 Å². The summed E-state index contributed by atoms with van der Waals surface area (Å²) < 4.78 is 39.8. The topological polar surface area (TPSA) is 90.6 Å². The Morgan fingerprint density at radius 3 is 2.60 bits per heavy atom. The number of hydrogen-bond donors (Lipinski definition) is 1. The van der Waals surface area contributed by atoms with Gasteiger partial charge in [0.1, 0.15) is 23.7 Å².